The van der Waals surface area contributed by atoms with E-state index in [-0.39, 0.29) is 5.60 Å². The maximum absolute atomic E-state index is 6.36. The molecule has 0 aromatic carbocycles. The standard InChI is InChI=1S/C16H31NO/c1-12(2)6-7-14-16(18-9-8-17-14)11-15(4,5)10-13(16)3/h12-14,17H,6-11H2,1-5H3. The molecular weight excluding hydrogens is 222 g/mol. The highest BCUT2D eigenvalue weighted by molar-refractivity contribution is 5.07. The normalized spacial score (nSPS) is 39.7. The first-order chi connectivity index (χ1) is 8.36. The van der Waals surface area contributed by atoms with Gasteiger partial charge in [-0.2, -0.15) is 0 Å². The summed E-state index contributed by atoms with van der Waals surface area (Å²) < 4.78 is 6.36. The van der Waals surface area contributed by atoms with Crippen LogP contribution >= 0.6 is 0 Å². The second-order valence-corrected chi connectivity index (χ2v) is 7.73. The summed E-state index contributed by atoms with van der Waals surface area (Å²) in [5.41, 5.74) is 0.547. The van der Waals surface area contributed by atoms with Crippen molar-refractivity contribution in [3.63, 3.8) is 0 Å². The van der Waals surface area contributed by atoms with Gasteiger partial charge in [-0.3, -0.25) is 0 Å². The summed E-state index contributed by atoms with van der Waals surface area (Å²) in [7, 11) is 0. The molecule has 0 radical (unpaired) electrons. The zero-order chi connectivity index (χ0) is 13.4. The monoisotopic (exact) mass is 253 g/mol. The molecule has 1 spiro atoms. The molecular formula is C16H31NO. The van der Waals surface area contributed by atoms with E-state index in [2.05, 4.69) is 39.9 Å². The van der Waals surface area contributed by atoms with E-state index in [1.807, 2.05) is 0 Å². The van der Waals surface area contributed by atoms with Gasteiger partial charge in [0, 0.05) is 12.6 Å². The average molecular weight is 253 g/mol. The number of hydrogen-bond acceptors (Lipinski definition) is 2. The minimum atomic E-state index is 0.108. The second kappa shape index (κ2) is 5.13. The lowest BCUT2D eigenvalue weighted by molar-refractivity contribution is -0.122. The smallest absolute Gasteiger partial charge is 0.0865 e. The van der Waals surface area contributed by atoms with Gasteiger partial charge in [0.05, 0.1) is 12.2 Å². The lowest BCUT2D eigenvalue weighted by Crippen LogP contribution is -2.59. The van der Waals surface area contributed by atoms with Crippen molar-refractivity contribution in [1.82, 2.24) is 5.32 Å². The summed E-state index contributed by atoms with van der Waals surface area (Å²) in [6.45, 7) is 13.7. The Morgan fingerprint density at radius 1 is 1.33 bits per heavy atom. The summed E-state index contributed by atoms with van der Waals surface area (Å²) in [6, 6.07) is 0.561. The molecule has 2 aliphatic rings. The molecule has 1 heterocycles. The van der Waals surface area contributed by atoms with Gasteiger partial charge in [-0.15, -0.1) is 0 Å². The summed E-state index contributed by atoms with van der Waals surface area (Å²) in [5, 5.41) is 3.75. The van der Waals surface area contributed by atoms with Gasteiger partial charge in [0.15, 0.2) is 0 Å². The predicted molar refractivity (Wildman–Crippen MR) is 76.7 cm³/mol. The molecule has 2 heteroatoms. The fraction of sp³-hybridized carbons (Fsp3) is 1.00. The number of nitrogens with one attached hydrogen (secondary N) is 1. The minimum absolute atomic E-state index is 0.108. The highest BCUT2D eigenvalue weighted by Crippen LogP contribution is 2.52. The maximum atomic E-state index is 6.36. The Hall–Kier alpha value is -0.0800. The lowest BCUT2D eigenvalue weighted by atomic mass is 9.79. The molecule has 1 saturated heterocycles. The number of hydrogen-bond donors (Lipinski definition) is 1. The van der Waals surface area contributed by atoms with Crippen LogP contribution in [-0.2, 0) is 4.74 Å². The molecule has 3 atom stereocenters. The first-order valence-corrected chi connectivity index (χ1v) is 7.73. The molecule has 18 heavy (non-hydrogen) atoms. The SMILES string of the molecule is CC(C)CCC1NCCOC12CC(C)(C)CC2C. The molecule has 1 aliphatic carbocycles. The highest BCUT2D eigenvalue weighted by atomic mass is 16.5. The van der Waals surface area contributed by atoms with Crippen LogP contribution in [0.25, 0.3) is 0 Å². The average Bonchev–Trinajstić information content (AvgIpc) is 2.48. The van der Waals surface area contributed by atoms with Crippen molar-refractivity contribution in [1.29, 1.82) is 0 Å². The fourth-order valence-corrected chi connectivity index (χ4v) is 4.25. The van der Waals surface area contributed by atoms with Crippen LogP contribution in [0.3, 0.4) is 0 Å². The molecule has 1 saturated carbocycles. The molecule has 0 bridgehead atoms. The minimum Gasteiger partial charge on any atom is -0.372 e. The van der Waals surface area contributed by atoms with E-state index in [0.29, 0.717) is 17.4 Å². The first kappa shape index (κ1) is 14.3. The van der Waals surface area contributed by atoms with Crippen LogP contribution in [-0.4, -0.2) is 24.8 Å². The molecule has 0 aromatic heterocycles. The topological polar surface area (TPSA) is 21.3 Å². The fourth-order valence-electron chi connectivity index (χ4n) is 4.25. The molecule has 0 amide bonds. The molecule has 0 aromatic rings. The number of morpholine rings is 1. The predicted octanol–water partition coefficient (Wildman–Crippen LogP) is 3.61. The maximum Gasteiger partial charge on any atom is 0.0865 e. The van der Waals surface area contributed by atoms with Crippen molar-refractivity contribution in [3.05, 3.63) is 0 Å². The third kappa shape index (κ3) is 2.75. The van der Waals surface area contributed by atoms with Crippen LogP contribution in [0.15, 0.2) is 0 Å². The van der Waals surface area contributed by atoms with Crippen LogP contribution in [0.5, 0.6) is 0 Å². The molecule has 1 aliphatic heterocycles. The van der Waals surface area contributed by atoms with Crippen molar-refractivity contribution in [2.45, 2.75) is 71.9 Å². The Labute approximate surface area is 113 Å². The van der Waals surface area contributed by atoms with E-state index in [4.69, 9.17) is 4.74 Å². The summed E-state index contributed by atoms with van der Waals surface area (Å²) in [6.07, 6.45) is 5.08. The van der Waals surface area contributed by atoms with E-state index in [0.717, 1.165) is 19.1 Å². The second-order valence-electron chi connectivity index (χ2n) is 7.73. The van der Waals surface area contributed by atoms with Crippen LogP contribution in [0, 0.1) is 17.3 Å². The number of rotatable bonds is 3. The van der Waals surface area contributed by atoms with Gasteiger partial charge in [-0.25, -0.2) is 0 Å². The van der Waals surface area contributed by atoms with Gasteiger partial charge in [0.25, 0.3) is 0 Å². The van der Waals surface area contributed by atoms with Gasteiger partial charge in [-0.1, -0.05) is 34.6 Å². The van der Waals surface area contributed by atoms with Crippen LogP contribution in [0.1, 0.15) is 60.3 Å². The third-order valence-corrected chi connectivity index (χ3v) is 4.93. The van der Waals surface area contributed by atoms with Gasteiger partial charge >= 0.3 is 0 Å². The Morgan fingerprint density at radius 2 is 2.06 bits per heavy atom. The van der Waals surface area contributed by atoms with Crippen molar-refractivity contribution in [2.24, 2.45) is 17.3 Å². The zero-order valence-corrected chi connectivity index (χ0v) is 12.9. The van der Waals surface area contributed by atoms with Crippen LogP contribution in [0.2, 0.25) is 0 Å². The Bertz CT molecular complexity index is 287. The highest BCUT2D eigenvalue weighted by Gasteiger charge is 2.54. The Balaban J connectivity index is 2.11. The third-order valence-electron chi connectivity index (χ3n) is 4.93. The number of ether oxygens (including phenoxy) is 1. The van der Waals surface area contributed by atoms with Gasteiger partial charge in [0.2, 0.25) is 0 Å². The molecule has 1 N–H and O–H groups in total. The lowest BCUT2D eigenvalue weighted by Gasteiger charge is -2.46. The zero-order valence-electron chi connectivity index (χ0n) is 12.9. The van der Waals surface area contributed by atoms with E-state index in [1.165, 1.54) is 25.7 Å². The largest absolute Gasteiger partial charge is 0.372 e. The molecule has 3 unspecified atom stereocenters. The van der Waals surface area contributed by atoms with Gasteiger partial charge in [-0.05, 0) is 42.9 Å². The van der Waals surface area contributed by atoms with E-state index >= 15 is 0 Å². The van der Waals surface area contributed by atoms with Crippen molar-refractivity contribution in [3.8, 4) is 0 Å². The van der Waals surface area contributed by atoms with Gasteiger partial charge in [0.1, 0.15) is 0 Å². The van der Waals surface area contributed by atoms with Crippen LogP contribution < -0.4 is 5.32 Å². The Kier molecular flexibility index (Phi) is 4.08. The Morgan fingerprint density at radius 3 is 2.61 bits per heavy atom. The first-order valence-electron chi connectivity index (χ1n) is 7.73. The molecule has 2 fully saturated rings. The summed E-state index contributed by atoms with van der Waals surface area (Å²) >= 11 is 0. The molecule has 2 rings (SSSR count). The van der Waals surface area contributed by atoms with Crippen molar-refractivity contribution in [2.75, 3.05) is 13.2 Å². The molecule has 2 nitrogen and oxygen atoms in total. The summed E-state index contributed by atoms with van der Waals surface area (Å²) in [5.74, 6) is 1.47. The van der Waals surface area contributed by atoms with Crippen LogP contribution in [0.4, 0.5) is 0 Å². The molecule has 106 valence electrons. The van der Waals surface area contributed by atoms with Crippen molar-refractivity contribution >= 4 is 0 Å². The van der Waals surface area contributed by atoms with E-state index in [9.17, 15) is 0 Å². The van der Waals surface area contributed by atoms with E-state index in [1.54, 1.807) is 0 Å². The van der Waals surface area contributed by atoms with E-state index < -0.39 is 0 Å². The summed E-state index contributed by atoms with van der Waals surface area (Å²) in [4.78, 5) is 0. The quantitative estimate of drug-likeness (QED) is 0.829. The van der Waals surface area contributed by atoms with Gasteiger partial charge < -0.3 is 10.1 Å². The van der Waals surface area contributed by atoms with Crippen molar-refractivity contribution < 1.29 is 4.74 Å².